The standard InChI is InChI=1S/C27H37ClN4O3/c1-27(2,3)35-26(33)31-16-19-15-20(28)11-14-23(19)32-24(17-31)29-30-25(32)18-9-12-22(13-10-18)34-21-7-5-4-6-8-21/h11,14-15,18,21-22H,4-10,12-13,16-17H2,1-3H3/t18-,22-. The van der Waals surface area contributed by atoms with Gasteiger partial charge in [0.05, 0.1) is 31.0 Å². The first-order valence-corrected chi connectivity index (χ1v) is 13.5. The summed E-state index contributed by atoms with van der Waals surface area (Å²) in [5.74, 6) is 2.05. The number of fused-ring (bicyclic) bond motifs is 3. The predicted octanol–water partition coefficient (Wildman–Crippen LogP) is 6.55. The first-order chi connectivity index (χ1) is 16.8. The molecule has 5 rings (SSSR count). The van der Waals surface area contributed by atoms with Crippen molar-refractivity contribution < 1.29 is 14.3 Å². The number of amides is 1. The fourth-order valence-electron chi connectivity index (χ4n) is 5.68. The molecule has 3 aliphatic rings. The predicted molar refractivity (Wildman–Crippen MR) is 135 cm³/mol. The molecule has 0 saturated heterocycles. The number of halogens is 1. The van der Waals surface area contributed by atoms with Crippen LogP contribution in [-0.4, -0.2) is 43.6 Å². The van der Waals surface area contributed by atoms with Gasteiger partial charge in [0.2, 0.25) is 0 Å². The lowest BCUT2D eigenvalue weighted by atomic mass is 9.86. The molecular weight excluding hydrogens is 464 g/mol. The van der Waals surface area contributed by atoms with Gasteiger partial charge in [-0.25, -0.2) is 4.79 Å². The molecule has 1 aliphatic heterocycles. The van der Waals surface area contributed by atoms with E-state index in [2.05, 4.69) is 14.8 Å². The van der Waals surface area contributed by atoms with Gasteiger partial charge in [-0.05, 0) is 83.1 Å². The third-order valence-electron chi connectivity index (χ3n) is 7.36. The van der Waals surface area contributed by atoms with Crippen molar-refractivity contribution in [3.8, 4) is 5.69 Å². The van der Waals surface area contributed by atoms with E-state index < -0.39 is 5.60 Å². The van der Waals surface area contributed by atoms with Crippen LogP contribution in [0.3, 0.4) is 0 Å². The Morgan fingerprint density at radius 1 is 0.971 bits per heavy atom. The Bertz CT molecular complexity index is 1050. The highest BCUT2D eigenvalue weighted by molar-refractivity contribution is 6.30. The number of aromatic nitrogens is 3. The summed E-state index contributed by atoms with van der Waals surface area (Å²) >= 11 is 6.36. The zero-order valence-corrected chi connectivity index (χ0v) is 21.9. The van der Waals surface area contributed by atoms with Crippen LogP contribution in [0, 0.1) is 0 Å². The summed E-state index contributed by atoms with van der Waals surface area (Å²) in [7, 11) is 0. The van der Waals surface area contributed by atoms with Crippen molar-refractivity contribution >= 4 is 17.7 Å². The van der Waals surface area contributed by atoms with Gasteiger partial charge in [0, 0.05) is 10.9 Å². The van der Waals surface area contributed by atoms with Crippen molar-refractivity contribution in [3.05, 3.63) is 40.4 Å². The molecular formula is C27H37ClN4O3. The van der Waals surface area contributed by atoms with Crippen LogP contribution in [0.5, 0.6) is 0 Å². The maximum Gasteiger partial charge on any atom is 0.411 e. The Balaban J connectivity index is 1.37. The smallest absolute Gasteiger partial charge is 0.411 e. The van der Waals surface area contributed by atoms with Crippen LogP contribution in [0.25, 0.3) is 5.69 Å². The minimum absolute atomic E-state index is 0.319. The van der Waals surface area contributed by atoms with Crippen LogP contribution >= 0.6 is 11.6 Å². The van der Waals surface area contributed by atoms with Crippen LogP contribution in [0.1, 0.15) is 102 Å². The molecule has 2 aliphatic carbocycles. The number of carbonyl (C=O) groups excluding carboxylic acids is 1. The van der Waals surface area contributed by atoms with Gasteiger partial charge in [0.15, 0.2) is 5.82 Å². The van der Waals surface area contributed by atoms with Gasteiger partial charge in [0.1, 0.15) is 11.4 Å². The molecule has 0 N–H and O–H groups in total. The van der Waals surface area contributed by atoms with Crippen LogP contribution in [0.2, 0.25) is 5.02 Å². The Labute approximate surface area is 213 Å². The van der Waals surface area contributed by atoms with Gasteiger partial charge < -0.3 is 9.47 Å². The molecule has 0 spiro atoms. The molecule has 8 heteroatoms. The normalized spacial score (nSPS) is 23.4. The topological polar surface area (TPSA) is 69.5 Å². The lowest BCUT2D eigenvalue weighted by molar-refractivity contribution is -0.0475. The molecule has 1 aromatic heterocycles. The third-order valence-corrected chi connectivity index (χ3v) is 7.59. The highest BCUT2D eigenvalue weighted by atomic mass is 35.5. The van der Waals surface area contributed by atoms with E-state index in [-0.39, 0.29) is 6.09 Å². The second-order valence-corrected chi connectivity index (χ2v) is 11.7. The molecule has 0 bridgehead atoms. The Morgan fingerprint density at radius 3 is 2.40 bits per heavy atom. The van der Waals surface area contributed by atoms with Crippen LogP contribution in [-0.2, 0) is 22.6 Å². The monoisotopic (exact) mass is 500 g/mol. The molecule has 2 aromatic rings. The van der Waals surface area contributed by atoms with Gasteiger partial charge in [-0.15, -0.1) is 10.2 Å². The summed E-state index contributed by atoms with van der Waals surface area (Å²) in [4.78, 5) is 14.7. The molecule has 7 nitrogen and oxygen atoms in total. The van der Waals surface area contributed by atoms with Gasteiger partial charge in [-0.2, -0.15) is 0 Å². The lowest BCUT2D eigenvalue weighted by Gasteiger charge is -2.32. The van der Waals surface area contributed by atoms with Crippen molar-refractivity contribution in [3.63, 3.8) is 0 Å². The summed E-state index contributed by atoms with van der Waals surface area (Å²) in [6.07, 6.45) is 11.0. The number of hydrogen-bond acceptors (Lipinski definition) is 5. The lowest BCUT2D eigenvalue weighted by Crippen LogP contribution is -2.35. The fraction of sp³-hybridized carbons (Fsp3) is 0.667. The van der Waals surface area contributed by atoms with Crippen molar-refractivity contribution in [1.82, 2.24) is 19.7 Å². The molecule has 2 heterocycles. The number of hydrogen-bond donors (Lipinski definition) is 0. The van der Waals surface area contributed by atoms with E-state index in [1.54, 1.807) is 4.90 Å². The minimum atomic E-state index is -0.572. The largest absolute Gasteiger partial charge is 0.444 e. The summed E-state index contributed by atoms with van der Waals surface area (Å²) in [6, 6.07) is 5.85. The van der Waals surface area contributed by atoms with Gasteiger partial charge in [-0.3, -0.25) is 9.47 Å². The summed E-state index contributed by atoms with van der Waals surface area (Å²) in [5.41, 5.74) is 1.39. The molecule has 0 radical (unpaired) electrons. The second-order valence-electron chi connectivity index (χ2n) is 11.3. The van der Waals surface area contributed by atoms with E-state index in [0.717, 1.165) is 48.6 Å². The summed E-state index contributed by atoms with van der Waals surface area (Å²) in [5, 5.41) is 9.85. The number of benzene rings is 1. The molecule has 190 valence electrons. The van der Waals surface area contributed by atoms with Crippen molar-refractivity contribution in [1.29, 1.82) is 0 Å². The van der Waals surface area contributed by atoms with Gasteiger partial charge in [-0.1, -0.05) is 30.9 Å². The number of ether oxygens (including phenoxy) is 2. The van der Waals surface area contributed by atoms with E-state index in [1.807, 2.05) is 39.0 Å². The quantitative estimate of drug-likeness (QED) is 0.478. The van der Waals surface area contributed by atoms with Crippen LogP contribution in [0.15, 0.2) is 18.2 Å². The SMILES string of the molecule is CC(C)(C)OC(=O)N1Cc2cc(Cl)ccc2-n2c(nnc2[C@H]2CC[C@H](OC3CCCCC3)CC2)C1. The Kier molecular flexibility index (Phi) is 7.09. The highest BCUT2D eigenvalue weighted by Crippen LogP contribution is 2.38. The molecule has 0 atom stereocenters. The summed E-state index contributed by atoms with van der Waals surface area (Å²) in [6.45, 7) is 6.39. The molecule has 2 fully saturated rings. The van der Waals surface area contributed by atoms with E-state index >= 15 is 0 Å². The number of rotatable bonds is 3. The fourth-order valence-corrected chi connectivity index (χ4v) is 5.87. The van der Waals surface area contributed by atoms with Gasteiger partial charge in [0.25, 0.3) is 0 Å². The Morgan fingerprint density at radius 2 is 1.69 bits per heavy atom. The molecule has 1 amide bonds. The first kappa shape index (κ1) is 24.6. The van der Waals surface area contributed by atoms with Crippen molar-refractivity contribution in [2.24, 2.45) is 0 Å². The molecule has 35 heavy (non-hydrogen) atoms. The minimum Gasteiger partial charge on any atom is -0.444 e. The molecule has 1 aromatic carbocycles. The van der Waals surface area contributed by atoms with Crippen molar-refractivity contribution in [2.75, 3.05) is 0 Å². The van der Waals surface area contributed by atoms with Crippen molar-refractivity contribution in [2.45, 2.75) is 115 Å². The zero-order valence-electron chi connectivity index (χ0n) is 21.1. The van der Waals surface area contributed by atoms with E-state index in [0.29, 0.717) is 36.2 Å². The number of carbonyl (C=O) groups is 1. The van der Waals surface area contributed by atoms with E-state index in [9.17, 15) is 4.79 Å². The highest BCUT2D eigenvalue weighted by Gasteiger charge is 2.33. The molecule has 0 unspecified atom stereocenters. The van der Waals surface area contributed by atoms with Crippen LogP contribution in [0.4, 0.5) is 4.79 Å². The third kappa shape index (κ3) is 5.67. The summed E-state index contributed by atoms with van der Waals surface area (Å²) < 4.78 is 14.3. The maximum absolute atomic E-state index is 13.0. The van der Waals surface area contributed by atoms with Gasteiger partial charge >= 0.3 is 6.09 Å². The Hall–Kier alpha value is -2.12. The average molecular weight is 501 g/mol. The second kappa shape index (κ2) is 10.1. The van der Waals surface area contributed by atoms with E-state index in [1.165, 1.54) is 32.1 Å². The maximum atomic E-state index is 13.0. The number of nitrogens with zero attached hydrogens (tertiary/aromatic N) is 4. The van der Waals surface area contributed by atoms with E-state index in [4.69, 9.17) is 21.1 Å². The molecule has 2 saturated carbocycles. The first-order valence-electron chi connectivity index (χ1n) is 13.1. The average Bonchev–Trinajstić information content (AvgIpc) is 3.15. The zero-order chi connectivity index (χ0) is 24.6. The van der Waals surface area contributed by atoms with Crippen LogP contribution < -0.4 is 0 Å².